The third-order valence-corrected chi connectivity index (χ3v) is 3.33. The highest BCUT2D eigenvalue weighted by atomic mass is 32.2. The molecule has 0 spiro atoms. The summed E-state index contributed by atoms with van der Waals surface area (Å²) in [5, 5.41) is 10.0. The Labute approximate surface area is 114 Å². The van der Waals surface area contributed by atoms with Crippen LogP contribution in [0.2, 0.25) is 0 Å². The monoisotopic (exact) mass is 282 g/mol. The predicted molar refractivity (Wildman–Crippen MR) is 72.0 cm³/mol. The lowest BCUT2D eigenvalue weighted by atomic mass is 10.0. The Morgan fingerprint density at radius 3 is 2.37 bits per heavy atom. The molecular weight excluding hydrogens is 270 g/mol. The molecule has 5 heteroatoms. The molecule has 0 radical (unpaired) electrons. The molecule has 0 heterocycles. The normalized spacial score (nSPS) is 10.7. The number of methoxy groups -OCH3 is 1. The summed E-state index contributed by atoms with van der Waals surface area (Å²) >= 11 is 0.494. The average molecular weight is 282 g/mol. The van der Waals surface area contributed by atoms with Gasteiger partial charge in [-0.3, -0.25) is 0 Å². The number of alkyl halides is 2. The number of phenolic OH excluding ortho intramolecular Hbond substituents is 1. The lowest BCUT2D eigenvalue weighted by molar-refractivity contribution is 0.252. The highest BCUT2D eigenvalue weighted by molar-refractivity contribution is 7.99. The number of phenols is 1. The van der Waals surface area contributed by atoms with Crippen molar-refractivity contribution in [1.82, 2.24) is 0 Å². The van der Waals surface area contributed by atoms with Crippen LogP contribution >= 0.6 is 11.8 Å². The van der Waals surface area contributed by atoms with Crippen LogP contribution in [0.25, 0.3) is 11.1 Å². The van der Waals surface area contributed by atoms with E-state index in [2.05, 4.69) is 0 Å². The molecule has 2 rings (SSSR count). The van der Waals surface area contributed by atoms with Gasteiger partial charge in [-0.25, -0.2) is 0 Å². The minimum absolute atomic E-state index is 0.0410. The second-order valence-corrected chi connectivity index (χ2v) is 4.82. The number of hydrogen-bond acceptors (Lipinski definition) is 3. The third kappa shape index (κ3) is 3.17. The van der Waals surface area contributed by atoms with Crippen LogP contribution in [0.3, 0.4) is 0 Å². The van der Waals surface area contributed by atoms with E-state index in [1.54, 1.807) is 42.5 Å². The summed E-state index contributed by atoms with van der Waals surface area (Å²) in [6, 6.07) is 11.7. The van der Waals surface area contributed by atoms with Crippen LogP contribution in [0.4, 0.5) is 8.78 Å². The molecular formula is C14H12F2O2S. The van der Waals surface area contributed by atoms with Crippen LogP contribution in [-0.2, 0) is 0 Å². The van der Waals surface area contributed by atoms with Gasteiger partial charge in [0.15, 0.2) is 11.5 Å². The van der Waals surface area contributed by atoms with E-state index < -0.39 is 5.76 Å². The van der Waals surface area contributed by atoms with E-state index in [1.807, 2.05) is 0 Å². The van der Waals surface area contributed by atoms with Crippen molar-refractivity contribution in [3.63, 3.8) is 0 Å². The fourth-order valence-electron chi connectivity index (χ4n) is 1.74. The minimum atomic E-state index is -2.43. The largest absolute Gasteiger partial charge is 0.504 e. The fourth-order valence-corrected chi connectivity index (χ4v) is 2.23. The molecule has 19 heavy (non-hydrogen) atoms. The zero-order valence-electron chi connectivity index (χ0n) is 10.1. The molecule has 0 aliphatic rings. The highest BCUT2D eigenvalue weighted by Crippen LogP contribution is 2.37. The van der Waals surface area contributed by atoms with E-state index in [0.29, 0.717) is 28.0 Å². The first-order chi connectivity index (χ1) is 9.11. The fraction of sp³-hybridized carbons (Fsp3) is 0.143. The number of benzene rings is 2. The van der Waals surface area contributed by atoms with Gasteiger partial charge in [-0.15, -0.1) is 0 Å². The SMILES string of the molecule is COc1cccc(-c2ccc(SC(F)F)cc2)c1O. The molecule has 0 aliphatic carbocycles. The Kier molecular flexibility index (Phi) is 4.27. The van der Waals surface area contributed by atoms with Gasteiger partial charge in [-0.05, 0) is 23.8 Å². The second-order valence-electron chi connectivity index (χ2n) is 3.76. The molecule has 0 amide bonds. The summed E-state index contributed by atoms with van der Waals surface area (Å²) < 4.78 is 29.5. The number of aromatic hydroxyl groups is 1. The maximum atomic E-state index is 12.2. The van der Waals surface area contributed by atoms with Gasteiger partial charge in [0, 0.05) is 10.5 Å². The standard InChI is InChI=1S/C14H12F2O2S/c1-18-12-4-2-3-11(13(12)17)9-5-7-10(8-6-9)19-14(15)16/h2-8,14,17H,1H3. The zero-order valence-corrected chi connectivity index (χ0v) is 11.0. The Hall–Kier alpha value is -1.75. The summed E-state index contributed by atoms with van der Waals surface area (Å²) in [7, 11) is 1.47. The quantitative estimate of drug-likeness (QED) is 0.844. The first-order valence-electron chi connectivity index (χ1n) is 5.53. The molecule has 100 valence electrons. The van der Waals surface area contributed by atoms with Crippen molar-refractivity contribution in [2.45, 2.75) is 10.7 Å². The molecule has 1 N–H and O–H groups in total. The summed E-state index contributed by atoms with van der Waals surface area (Å²) in [6.07, 6.45) is 0. The predicted octanol–water partition coefficient (Wildman–Crippen LogP) is 4.38. The van der Waals surface area contributed by atoms with Crippen LogP contribution in [0.1, 0.15) is 0 Å². The van der Waals surface area contributed by atoms with E-state index in [4.69, 9.17) is 4.74 Å². The number of para-hydroxylation sites is 1. The molecule has 0 saturated carbocycles. The van der Waals surface area contributed by atoms with Gasteiger partial charge in [-0.1, -0.05) is 36.0 Å². The number of rotatable bonds is 4. The van der Waals surface area contributed by atoms with E-state index in [1.165, 1.54) is 7.11 Å². The van der Waals surface area contributed by atoms with E-state index in [9.17, 15) is 13.9 Å². The average Bonchev–Trinajstić information content (AvgIpc) is 2.39. The van der Waals surface area contributed by atoms with Gasteiger partial charge in [0.05, 0.1) is 7.11 Å². The molecule has 0 saturated heterocycles. The molecule has 0 atom stereocenters. The van der Waals surface area contributed by atoms with Gasteiger partial charge < -0.3 is 9.84 Å². The van der Waals surface area contributed by atoms with Crippen molar-refractivity contribution in [1.29, 1.82) is 0 Å². The van der Waals surface area contributed by atoms with Gasteiger partial charge >= 0.3 is 0 Å². The molecule has 0 unspecified atom stereocenters. The Morgan fingerprint density at radius 2 is 1.79 bits per heavy atom. The van der Waals surface area contributed by atoms with Gasteiger partial charge in [0.1, 0.15) is 0 Å². The third-order valence-electron chi connectivity index (χ3n) is 2.61. The maximum absolute atomic E-state index is 12.2. The summed E-state index contributed by atoms with van der Waals surface area (Å²) in [5.41, 5.74) is 1.35. The Balaban J connectivity index is 2.32. The van der Waals surface area contributed by atoms with Crippen molar-refractivity contribution in [2.75, 3.05) is 7.11 Å². The molecule has 0 aliphatic heterocycles. The number of ether oxygens (including phenoxy) is 1. The lowest BCUT2D eigenvalue weighted by Crippen LogP contribution is -1.86. The van der Waals surface area contributed by atoms with Crippen molar-refractivity contribution in [2.24, 2.45) is 0 Å². The van der Waals surface area contributed by atoms with Crippen molar-refractivity contribution in [3.8, 4) is 22.6 Å². The van der Waals surface area contributed by atoms with Crippen molar-refractivity contribution >= 4 is 11.8 Å². The molecule has 2 aromatic rings. The van der Waals surface area contributed by atoms with Crippen LogP contribution in [0.15, 0.2) is 47.4 Å². The van der Waals surface area contributed by atoms with Gasteiger partial charge in [-0.2, -0.15) is 8.78 Å². The molecule has 2 aromatic carbocycles. The molecule has 0 fully saturated rings. The first-order valence-corrected chi connectivity index (χ1v) is 6.41. The summed E-state index contributed by atoms with van der Waals surface area (Å²) in [6.45, 7) is 0. The lowest BCUT2D eigenvalue weighted by Gasteiger charge is -2.09. The van der Waals surface area contributed by atoms with Crippen LogP contribution in [0, 0.1) is 0 Å². The van der Waals surface area contributed by atoms with Crippen molar-refractivity contribution < 1.29 is 18.6 Å². The number of hydrogen-bond donors (Lipinski definition) is 1. The molecule has 0 aromatic heterocycles. The minimum Gasteiger partial charge on any atom is -0.504 e. The molecule has 0 bridgehead atoms. The topological polar surface area (TPSA) is 29.5 Å². The van der Waals surface area contributed by atoms with Crippen molar-refractivity contribution in [3.05, 3.63) is 42.5 Å². The second kappa shape index (κ2) is 5.93. The van der Waals surface area contributed by atoms with Crippen LogP contribution < -0.4 is 4.74 Å². The van der Waals surface area contributed by atoms with Crippen LogP contribution in [-0.4, -0.2) is 18.0 Å². The first kappa shape index (κ1) is 13.7. The summed E-state index contributed by atoms with van der Waals surface area (Å²) in [5.74, 6) is -2.01. The Morgan fingerprint density at radius 1 is 1.11 bits per heavy atom. The highest BCUT2D eigenvalue weighted by Gasteiger charge is 2.10. The smallest absolute Gasteiger partial charge is 0.288 e. The van der Waals surface area contributed by atoms with Crippen LogP contribution in [0.5, 0.6) is 11.5 Å². The zero-order chi connectivity index (χ0) is 13.8. The van der Waals surface area contributed by atoms with E-state index in [0.717, 1.165) is 5.56 Å². The maximum Gasteiger partial charge on any atom is 0.288 e. The van der Waals surface area contributed by atoms with Gasteiger partial charge in [0.25, 0.3) is 5.76 Å². The van der Waals surface area contributed by atoms with E-state index >= 15 is 0 Å². The number of thioether (sulfide) groups is 1. The van der Waals surface area contributed by atoms with Gasteiger partial charge in [0.2, 0.25) is 0 Å². The Bertz CT molecular complexity index is 556. The summed E-state index contributed by atoms with van der Waals surface area (Å²) in [4.78, 5) is 0.487. The molecule has 2 nitrogen and oxygen atoms in total. The number of halogens is 2. The van der Waals surface area contributed by atoms with E-state index in [-0.39, 0.29) is 5.75 Å².